The number of hydrogen-bond donors (Lipinski definition) is 1. The highest BCUT2D eigenvalue weighted by molar-refractivity contribution is 5.45. The van der Waals surface area contributed by atoms with Crippen LogP contribution in [0, 0.1) is 6.92 Å². The normalized spacial score (nSPS) is 12.4. The van der Waals surface area contributed by atoms with Crippen molar-refractivity contribution in [2.45, 2.75) is 32.7 Å². The number of nitrogens with one attached hydrogen (secondary N) is 1. The summed E-state index contributed by atoms with van der Waals surface area (Å²) in [5.41, 5.74) is 2.47. The Labute approximate surface area is 103 Å². The predicted molar refractivity (Wildman–Crippen MR) is 71.3 cm³/mol. The second-order valence-electron chi connectivity index (χ2n) is 4.53. The largest absolute Gasteiger partial charge is 0.469 e. The number of benzene rings is 1. The van der Waals surface area contributed by atoms with Gasteiger partial charge in [0, 0.05) is 18.2 Å². The Hall–Kier alpha value is -1.70. The van der Waals surface area contributed by atoms with E-state index in [0.717, 1.165) is 18.6 Å². The van der Waals surface area contributed by atoms with Gasteiger partial charge in [-0.1, -0.05) is 17.7 Å². The molecule has 0 saturated heterocycles. The van der Waals surface area contributed by atoms with Crippen molar-refractivity contribution in [2.75, 3.05) is 5.32 Å². The summed E-state index contributed by atoms with van der Waals surface area (Å²) in [5.74, 6) is 1.06. The molecule has 0 saturated carbocycles. The molecule has 0 fully saturated rings. The van der Waals surface area contributed by atoms with Crippen LogP contribution in [0.2, 0.25) is 0 Å². The minimum absolute atomic E-state index is 0.447. The molecule has 0 bridgehead atoms. The van der Waals surface area contributed by atoms with E-state index in [1.54, 1.807) is 6.26 Å². The third-order valence-corrected chi connectivity index (χ3v) is 2.87. The van der Waals surface area contributed by atoms with Gasteiger partial charge in [-0.05, 0) is 44.5 Å². The quantitative estimate of drug-likeness (QED) is 0.837. The maximum atomic E-state index is 5.32. The smallest absolute Gasteiger partial charge is 0.103 e. The molecule has 0 spiro atoms. The van der Waals surface area contributed by atoms with E-state index in [0.29, 0.717) is 6.04 Å². The molecule has 0 amide bonds. The number of anilines is 1. The van der Waals surface area contributed by atoms with E-state index in [9.17, 15) is 0 Å². The van der Waals surface area contributed by atoms with Gasteiger partial charge in [0.05, 0.1) is 6.26 Å². The first-order valence-electron chi connectivity index (χ1n) is 6.09. The lowest BCUT2D eigenvalue weighted by Gasteiger charge is -2.14. The Morgan fingerprint density at radius 2 is 1.94 bits per heavy atom. The molecular weight excluding hydrogens is 210 g/mol. The molecule has 2 heteroatoms. The number of hydrogen-bond acceptors (Lipinski definition) is 2. The van der Waals surface area contributed by atoms with Gasteiger partial charge in [0.1, 0.15) is 5.76 Å². The molecule has 1 atom stereocenters. The van der Waals surface area contributed by atoms with Crippen LogP contribution in [-0.4, -0.2) is 6.04 Å². The fraction of sp³-hybridized carbons (Fsp3) is 0.333. The SMILES string of the molecule is Cc1ccc(NC(C)CCc2ccco2)cc1. The van der Waals surface area contributed by atoms with Crippen LogP contribution in [0.5, 0.6) is 0 Å². The van der Waals surface area contributed by atoms with Crippen LogP contribution < -0.4 is 5.32 Å². The first-order valence-corrected chi connectivity index (χ1v) is 6.09. The van der Waals surface area contributed by atoms with Gasteiger partial charge in [-0.3, -0.25) is 0 Å². The Kier molecular flexibility index (Phi) is 3.86. The summed E-state index contributed by atoms with van der Waals surface area (Å²) in [4.78, 5) is 0. The molecule has 1 N–H and O–H groups in total. The van der Waals surface area contributed by atoms with Gasteiger partial charge in [0.25, 0.3) is 0 Å². The molecule has 2 rings (SSSR count). The number of furan rings is 1. The highest BCUT2D eigenvalue weighted by Crippen LogP contribution is 2.13. The molecule has 0 radical (unpaired) electrons. The minimum atomic E-state index is 0.447. The first kappa shape index (κ1) is 11.8. The van der Waals surface area contributed by atoms with Crippen molar-refractivity contribution < 1.29 is 4.42 Å². The van der Waals surface area contributed by atoms with E-state index < -0.39 is 0 Å². The van der Waals surface area contributed by atoms with Crippen molar-refractivity contribution in [3.05, 3.63) is 54.0 Å². The molecule has 90 valence electrons. The molecule has 0 aliphatic heterocycles. The Balaban J connectivity index is 1.80. The summed E-state index contributed by atoms with van der Waals surface area (Å²) in [6.45, 7) is 4.30. The van der Waals surface area contributed by atoms with E-state index in [1.807, 2.05) is 12.1 Å². The molecule has 0 aliphatic carbocycles. The summed E-state index contributed by atoms with van der Waals surface area (Å²) < 4.78 is 5.32. The van der Waals surface area contributed by atoms with Crippen molar-refractivity contribution >= 4 is 5.69 Å². The summed E-state index contributed by atoms with van der Waals surface area (Å²) in [6.07, 6.45) is 3.78. The van der Waals surface area contributed by atoms with E-state index >= 15 is 0 Å². The van der Waals surface area contributed by atoms with Gasteiger partial charge >= 0.3 is 0 Å². The van der Waals surface area contributed by atoms with Gasteiger partial charge in [0.15, 0.2) is 0 Å². The lowest BCUT2D eigenvalue weighted by molar-refractivity contribution is 0.495. The van der Waals surface area contributed by atoms with Crippen LogP contribution in [0.1, 0.15) is 24.7 Å². The van der Waals surface area contributed by atoms with Crippen LogP contribution in [-0.2, 0) is 6.42 Å². The van der Waals surface area contributed by atoms with Gasteiger partial charge in [-0.25, -0.2) is 0 Å². The maximum Gasteiger partial charge on any atom is 0.103 e. The standard InChI is InChI=1S/C15H19NO/c1-12-5-8-14(9-6-12)16-13(2)7-10-15-4-3-11-17-15/h3-6,8-9,11,13,16H,7,10H2,1-2H3. The average Bonchev–Trinajstić information content (AvgIpc) is 2.83. The molecule has 0 aliphatic rings. The molecule has 17 heavy (non-hydrogen) atoms. The average molecular weight is 229 g/mol. The molecule has 1 unspecified atom stereocenters. The van der Waals surface area contributed by atoms with Crippen LogP contribution in [0.4, 0.5) is 5.69 Å². The van der Waals surface area contributed by atoms with Crippen LogP contribution in [0.15, 0.2) is 47.1 Å². The molecule has 2 aromatic rings. The number of aryl methyl sites for hydroxylation is 2. The molecule has 2 nitrogen and oxygen atoms in total. The Morgan fingerprint density at radius 3 is 2.59 bits per heavy atom. The van der Waals surface area contributed by atoms with Gasteiger partial charge < -0.3 is 9.73 Å². The van der Waals surface area contributed by atoms with Gasteiger partial charge in [-0.2, -0.15) is 0 Å². The highest BCUT2D eigenvalue weighted by atomic mass is 16.3. The van der Waals surface area contributed by atoms with Crippen LogP contribution in [0.25, 0.3) is 0 Å². The molecule has 1 heterocycles. The van der Waals surface area contributed by atoms with Crippen molar-refractivity contribution in [2.24, 2.45) is 0 Å². The summed E-state index contributed by atoms with van der Waals surface area (Å²) in [5, 5.41) is 3.49. The summed E-state index contributed by atoms with van der Waals surface area (Å²) in [6, 6.07) is 12.9. The fourth-order valence-corrected chi connectivity index (χ4v) is 1.82. The Bertz CT molecular complexity index is 430. The number of rotatable bonds is 5. The molecular formula is C15H19NO. The third-order valence-electron chi connectivity index (χ3n) is 2.87. The third kappa shape index (κ3) is 3.66. The second kappa shape index (κ2) is 5.58. The zero-order valence-electron chi connectivity index (χ0n) is 10.4. The second-order valence-corrected chi connectivity index (χ2v) is 4.53. The molecule has 1 aromatic carbocycles. The topological polar surface area (TPSA) is 25.2 Å². The highest BCUT2D eigenvalue weighted by Gasteiger charge is 2.03. The Morgan fingerprint density at radius 1 is 1.18 bits per heavy atom. The first-order chi connectivity index (χ1) is 8.24. The summed E-state index contributed by atoms with van der Waals surface area (Å²) in [7, 11) is 0. The summed E-state index contributed by atoms with van der Waals surface area (Å²) >= 11 is 0. The van der Waals surface area contributed by atoms with Crippen LogP contribution in [0.3, 0.4) is 0 Å². The van der Waals surface area contributed by atoms with Crippen molar-refractivity contribution in [3.63, 3.8) is 0 Å². The van der Waals surface area contributed by atoms with Crippen molar-refractivity contribution in [1.29, 1.82) is 0 Å². The fourth-order valence-electron chi connectivity index (χ4n) is 1.82. The van der Waals surface area contributed by atoms with E-state index in [1.165, 1.54) is 11.3 Å². The van der Waals surface area contributed by atoms with Crippen molar-refractivity contribution in [1.82, 2.24) is 0 Å². The van der Waals surface area contributed by atoms with E-state index in [-0.39, 0.29) is 0 Å². The van der Waals surface area contributed by atoms with Gasteiger partial charge in [0.2, 0.25) is 0 Å². The van der Waals surface area contributed by atoms with Gasteiger partial charge in [-0.15, -0.1) is 0 Å². The molecule has 1 aromatic heterocycles. The predicted octanol–water partition coefficient (Wildman–Crippen LogP) is 4.02. The van der Waals surface area contributed by atoms with Crippen molar-refractivity contribution in [3.8, 4) is 0 Å². The monoisotopic (exact) mass is 229 g/mol. The van der Waals surface area contributed by atoms with Crippen LogP contribution >= 0.6 is 0 Å². The minimum Gasteiger partial charge on any atom is -0.469 e. The maximum absolute atomic E-state index is 5.32. The lowest BCUT2D eigenvalue weighted by atomic mass is 10.1. The zero-order chi connectivity index (χ0) is 12.1. The van der Waals surface area contributed by atoms with E-state index in [2.05, 4.69) is 43.4 Å². The zero-order valence-corrected chi connectivity index (χ0v) is 10.4. The lowest BCUT2D eigenvalue weighted by Crippen LogP contribution is -2.15. The van der Waals surface area contributed by atoms with E-state index in [4.69, 9.17) is 4.42 Å².